The van der Waals surface area contributed by atoms with E-state index in [0.29, 0.717) is 25.3 Å². The van der Waals surface area contributed by atoms with Crippen molar-refractivity contribution in [1.29, 1.82) is 0 Å². The molecule has 1 aromatic carbocycles. The SMILES string of the molecule is CC(C)CNC(=O)C1=Cc2c(-c3cncc(-c4ccc(N5CCCC5=O)cc4)c3)ccnc2C1. The smallest absolute Gasteiger partial charge is 0.247 e. The maximum atomic E-state index is 12.6. The highest BCUT2D eigenvalue weighted by molar-refractivity contribution is 6.01. The number of amides is 2. The van der Waals surface area contributed by atoms with Gasteiger partial charge in [-0.2, -0.15) is 0 Å². The number of anilines is 1. The maximum Gasteiger partial charge on any atom is 0.247 e. The third-order valence-electron chi connectivity index (χ3n) is 6.35. The molecule has 1 aliphatic carbocycles. The van der Waals surface area contributed by atoms with Gasteiger partial charge in [-0.1, -0.05) is 26.0 Å². The van der Waals surface area contributed by atoms with E-state index >= 15 is 0 Å². The number of aromatic nitrogens is 2. The minimum Gasteiger partial charge on any atom is -0.352 e. The lowest BCUT2D eigenvalue weighted by Gasteiger charge is -2.16. The Labute approximate surface area is 199 Å². The molecular weight excluding hydrogens is 424 g/mol. The predicted molar refractivity (Wildman–Crippen MR) is 134 cm³/mol. The third-order valence-corrected chi connectivity index (χ3v) is 6.35. The van der Waals surface area contributed by atoms with Gasteiger partial charge in [0.1, 0.15) is 0 Å². The largest absolute Gasteiger partial charge is 0.352 e. The molecule has 1 saturated heterocycles. The number of carbonyl (C=O) groups excluding carboxylic acids is 2. The fourth-order valence-electron chi connectivity index (χ4n) is 4.53. The van der Waals surface area contributed by atoms with E-state index in [2.05, 4.69) is 35.2 Å². The lowest BCUT2D eigenvalue weighted by Crippen LogP contribution is -2.28. The van der Waals surface area contributed by atoms with Gasteiger partial charge in [0.05, 0.1) is 5.69 Å². The first kappa shape index (κ1) is 22.0. The van der Waals surface area contributed by atoms with Crippen LogP contribution in [0, 0.1) is 5.92 Å². The van der Waals surface area contributed by atoms with Gasteiger partial charge in [-0.05, 0) is 53.8 Å². The summed E-state index contributed by atoms with van der Waals surface area (Å²) in [4.78, 5) is 35.5. The summed E-state index contributed by atoms with van der Waals surface area (Å²) in [5, 5.41) is 3.00. The molecule has 3 aromatic rings. The normalized spacial score (nSPS) is 15.0. The highest BCUT2D eigenvalue weighted by atomic mass is 16.2. The van der Waals surface area contributed by atoms with Gasteiger partial charge in [-0.25, -0.2) is 0 Å². The van der Waals surface area contributed by atoms with Crippen LogP contribution >= 0.6 is 0 Å². The standard InChI is InChI=1S/C28H28N4O2/c1-18(2)15-31-28(34)20-13-25-24(9-10-30-26(25)14-20)22-12-21(16-29-17-22)19-5-7-23(8-6-19)32-11-3-4-27(32)33/h5-10,12-13,16-18H,3-4,11,14-15H2,1-2H3,(H,31,34). The van der Waals surface area contributed by atoms with Crippen molar-refractivity contribution in [2.75, 3.05) is 18.0 Å². The second kappa shape index (κ2) is 9.21. The summed E-state index contributed by atoms with van der Waals surface area (Å²) in [5.74, 6) is 0.565. The Kier molecular flexibility index (Phi) is 5.97. The van der Waals surface area contributed by atoms with E-state index in [-0.39, 0.29) is 11.8 Å². The van der Waals surface area contributed by atoms with E-state index in [1.807, 2.05) is 53.7 Å². The molecule has 1 fully saturated rings. The zero-order valence-corrected chi connectivity index (χ0v) is 19.5. The van der Waals surface area contributed by atoms with Crippen molar-refractivity contribution in [3.63, 3.8) is 0 Å². The molecule has 2 amide bonds. The number of pyridine rings is 2. The predicted octanol–water partition coefficient (Wildman–Crippen LogP) is 4.65. The van der Waals surface area contributed by atoms with E-state index < -0.39 is 0 Å². The number of benzene rings is 1. The van der Waals surface area contributed by atoms with Crippen LogP contribution < -0.4 is 10.2 Å². The van der Waals surface area contributed by atoms with E-state index in [0.717, 1.165) is 57.7 Å². The Morgan fingerprint density at radius 1 is 1.09 bits per heavy atom. The number of hydrogen-bond donors (Lipinski definition) is 1. The molecule has 0 bridgehead atoms. The molecule has 0 unspecified atom stereocenters. The molecular formula is C28H28N4O2. The van der Waals surface area contributed by atoms with E-state index in [4.69, 9.17) is 0 Å². The number of nitrogens with zero attached hydrogens (tertiary/aromatic N) is 3. The number of nitrogens with one attached hydrogen (secondary N) is 1. The topological polar surface area (TPSA) is 75.2 Å². The Bertz CT molecular complexity index is 1280. The van der Waals surface area contributed by atoms with Crippen LogP contribution in [0.3, 0.4) is 0 Å². The highest BCUT2D eigenvalue weighted by Crippen LogP contribution is 2.34. The second-order valence-corrected chi connectivity index (χ2v) is 9.33. The average Bonchev–Trinajstić information content (AvgIpc) is 3.49. The first-order chi connectivity index (χ1) is 16.5. The van der Waals surface area contributed by atoms with Crippen LogP contribution in [0.1, 0.15) is 37.9 Å². The van der Waals surface area contributed by atoms with Gasteiger partial charge in [0.15, 0.2) is 0 Å². The second-order valence-electron chi connectivity index (χ2n) is 9.33. The number of fused-ring (bicyclic) bond motifs is 1. The summed E-state index contributed by atoms with van der Waals surface area (Å²) in [6, 6.07) is 12.2. The minimum absolute atomic E-state index is 0.0268. The minimum atomic E-state index is -0.0268. The number of hydrogen-bond acceptors (Lipinski definition) is 4. The molecule has 6 nitrogen and oxygen atoms in total. The molecule has 172 valence electrons. The zero-order chi connectivity index (χ0) is 23.7. The van der Waals surface area contributed by atoms with Gasteiger partial charge in [0.2, 0.25) is 11.8 Å². The van der Waals surface area contributed by atoms with Crippen LogP contribution in [0.15, 0.2) is 60.6 Å². The molecule has 0 spiro atoms. The summed E-state index contributed by atoms with van der Waals surface area (Å²) in [7, 11) is 0. The molecule has 1 aliphatic heterocycles. The monoisotopic (exact) mass is 452 g/mol. The molecule has 3 heterocycles. The Morgan fingerprint density at radius 2 is 1.88 bits per heavy atom. The Balaban J connectivity index is 1.41. The summed E-state index contributed by atoms with van der Waals surface area (Å²) in [5.41, 5.74) is 7.62. The van der Waals surface area contributed by atoms with Gasteiger partial charge in [-0.3, -0.25) is 19.6 Å². The van der Waals surface area contributed by atoms with Crippen LogP contribution in [-0.4, -0.2) is 34.9 Å². The average molecular weight is 453 g/mol. The Hall–Kier alpha value is -3.80. The van der Waals surface area contributed by atoms with Crippen LogP contribution in [-0.2, 0) is 16.0 Å². The molecule has 2 aliphatic rings. The van der Waals surface area contributed by atoms with E-state index in [9.17, 15) is 9.59 Å². The van der Waals surface area contributed by atoms with Crippen molar-refractivity contribution in [3.8, 4) is 22.3 Å². The fourth-order valence-corrected chi connectivity index (χ4v) is 4.53. The van der Waals surface area contributed by atoms with Crippen molar-refractivity contribution < 1.29 is 9.59 Å². The summed E-state index contributed by atoms with van der Waals surface area (Å²) >= 11 is 0. The van der Waals surface area contributed by atoms with E-state index in [1.54, 1.807) is 6.20 Å². The van der Waals surface area contributed by atoms with E-state index in [1.165, 1.54) is 0 Å². The lowest BCUT2D eigenvalue weighted by atomic mass is 9.98. The molecule has 34 heavy (non-hydrogen) atoms. The number of rotatable bonds is 6. The van der Waals surface area contributed by atoms with Crippen LogP contribution in [0.2, 0.25) is 0 Å². The van der Waals surface area contributed by atoms with Crippen LogP contribution in [0.5, 0.6) is 0 Å². The molecule has 6 heteroatoms. The van der Waals surface area contributed by atoms with Gasteiger partial charge in [0.25, 0.3) is 0 Å². The summed E-state index contributed by atoms with van der Waals surface area (Å²) < 4.78 is 0. The first-order valence-electron chi connectivity index (χ1n) is 11.8. The van der Waals surface area contributed by atoms with Crippen molar-refractivity contribution in [2.45, 2.75) is 33.1 Å². The number of carbonyl (C=O) groups is 2. The first-order valence-corrected chi connectivity index (χ1v) is 11.8. The molecule has 0 saturated carbocycles. The maximum absolute atomic E-state index is 12.6. The van der Waals surface area contributed by atoms with Gasteiger partial charge in [-0.15, -0.1) is 0 Å². The van der Waals surface area contributed by atoms with Crippen LogP contribution in [0.25, 0.3) is 28.3 Å². The van der Waals surface area contributed by atoms with Gasteiger partial charge in [0, 0.05) is 72.5 Å². The van der Waals surface area contributed by atoms with Gasteiger partial charge < -0.3 is 10.2 Å². The quantitative estimate of drug-likeness (QED) is 0.591. The molecule has 0 atom stereocenters. The molecule has 1 N–H and O–H groups in total. The van der Waals surface area contributed by atoms with Crippen molar-refractivity contribution in [1.82, 2.24) is 15.3 Å². The zero-order valence-electron chi connectivity index (χ0n) is 19.5. The highest BCUT2D eigenvalue weighted by Gasteiger charge is 2.23. The summed E-state index contributed by atoms with van der Waals surface area (Å²) in [6.45, 7) is 5.60. The third kappa shape index (κ3) is 4.36. The Morgan fingerprint density at radius 3 is 2.62 bits per heavy atom. The van der Waals surface area contributed by atoms with Gasteiger partial charge >= 0.3 is 0 Å². The van der Waals surface area contributed by atoms with Crippen molar-refractivity contribution in [3.05, 3.63) is 71.8 Å². The summed E-state index contributed by atoms with van der Waals surface area (Å²) in [6.07, 6.45) is 9.53. The molecule has 2 aromatic heterocycles. The van der Waals surface area contributed by atoms with Crippen molar-refractivity contribution >= 4 is 23.6 Å². The lowest BCUT2D eigenvalue weighted by molar-refractivity contribution is -0.118. The molecule has 0 radical (unpaired) electrons. The van der Waals surface area contributed by atoms with Crippen molar-refractivity contribution in [2.24, 2.45) is 5.92 Å². The fraction of sp³-hybridized carbons (Fsp3) is 0.286. The molecule has 5 rings (SSSR count). The van der Waals surface area contributed by atoms with Crippen LogP contribution in [0.4, 0.5) is 5.69 Å².